The number of methoxy groups -OCH3 is 2. The molecule has 0 spiro atoms. The van der Waals surface area contributed by atoms with Crippen LogP contribution in [0.2, 0.25) is 0 Å². The van der Waals surface area contributed by atoms with Gasteiger partial charge < -0.3 is 19.3 Å². The highest BCUT2D eigenvalue weighted by Gasteiger charge is 2.27. The number of benzene rings is 2. The normalized spacial score (nSPS) is 15.6. The summed E-state index contributed by atoms with van der Waals surface area (Å²) in [6.07, 6.45) is 2.51. The van der Waals surface area contributed by atoms with E-state index in [0.29, 0.717) is 25.1 Å². The van der Waals surface area contributed by atoms with Gasteiger partial charge in [0.05, 0.1) is 19.8 Å². The minimum absolute atomic E-state index is 0.0789. The summed E-state index contributed by atoms with van der Waals surface area (Å²) in [5.41, 5.74) is 4.41. The summed E-state index contributed by atoms with van der Waals surface area (Å²) in [6.45, 7) is 2.97. The van der Waals surface area contributed by atoms with E-state index >= 15 is 0 Å². The van der Waals surface area contributed by atoms with E-state index in [2.05, 4.69) is 4.90 Å². The van der Waals surface area contributed by atoms with E-state index in [4.69, 9.17) is 9.47 Å². The smallest absolute Gasteiger partial charge is 0.337 e. The van der Waals surface area contributed by atoms with Gasteiger partial charge in [-0.05, 0) is 53.6 Å². The predicted octanol–water partition coefficient (Wildman–Crippen LogP) is 2.77. The Morgan fingerprint density at radius 2 is 1.66 bits per heavy atom. The maximum absolute atomic E-state index is 13.0. The van der Waals surface area contributed by atoms with E-state index in [1.165, 1.54) is 7.11 Å². The van der Waals surface area contributed by atoms with Crippen LogP contribution in [0.25, 0.3) is 6.08 Å². The van der Waals surface area contributed by atoms with Crippen LogP contribution in [0.3, 0.4) is 0 Å². The largest absolute Gasteiger partial charge is 0.497 e. The molecule has 1 amide bonds. The minimum Gasteiger partial charge on any atom is -0.497 e. The first-order valence-corrected chi connectivity index (χ1v) is 9.69. The highest BCUT2D eigenvalue weighted by atomic mass is 16.5. The Kier molecular flexibility index (Phi) is 5.25. The first-order valence-electron chi connectivity index (χ1n) is 9.69. The maximum atomic E-state index is 13.0. The highest BCUT2D eigenvalue weighted by molar-refractivity contribution is 6.01. The molecule has 0 atom stereocenters. The van der Waals surface area contributed by atoms with Crippen molar-refractivity contribution in [1.82, 2.24) is 4.90 Å². The fourth-order valence-electron chi connectivity index (χ4n) is 3.88. The van der Waals surface area contributed by atoms with Crippen LogP contribution in [0.5, 0.6) is 5.75 Å². The molecule has 1 fully saturated rings. The van der Waals surface area contributed by atoms with Gasteiger partial charge in [-0.3, -0.25) is 4.79 Å². The van der Waals surface area contributed by atoms with E-state index < -0.39 is 0 Å². The minimum atomic E-state index is -0.365. The Morgan fingerprint density at radius 1 is 0.931 bits per heavy atom. The Bertz CT molecular complexity index is 957. The molecule has 2 aromatic carbocycles. The van der Waals surface area contributed by atoms with Crippen LogP contribution in [0.4, 0.5) is 5.69 Å². The zero-order valence-electron chi connectivity index (χ0n) is 16.7. The number of piperazine rings is 1. The van der Waals surface area contributed by atoms with Gasteiger partial charge in [-0.1, -0.05) is 6.07 Å². The summed E-state index contributed by atoms with van der Waals surface area (Å²) in [5, 5.41) is 0. The Hall–Kier alpha value is -3.28. The van der Waals surface area contributed by atoms with Gasteiger partial charge in [0.2, 0.25) is 5.91 Å². The second-order valence-corrected chi connectivity index (χ2v) is 7.23. The average molecular weight is 392 g/mol. The molecule has 1 aliphatic carbocycles. The third kappa shape index (κ3) is 3.83. The van der Waals surface area contributed by atoms with Gasteiger partial charge in [0, 0.05) is 43.9 Å². The summed E-state index contributed by atoms with van der Waals surface area (Å²) in [7, 11) is 3.03. The van der Waals surface area contributed by atoms with Crippen LogP contribution in [-0.4, -0.2) is 57.2 Å². The number of esters is 1. The molecule has 1 saturated heterocycles. The third-order valence-corrected chi connectivity index (χ3v) is 5.56. The molecule has 0 radical (unpaired) electrons. The number of amides is 1. The van der Waals surface area contributed by atoms with Gasteiger partial charge in [0.1, 0.15) is 5.75 Å². The van der Waals surface area contributed by atoms with Crippen LogP contribution in [0.1, 0.15) is 21.5 Å². The number of anilines is 1. The molecule has 0 saturated carbocycles. The van der Waals surface area contributed by atoms with E-state index in [0.717, 1.165) is 41.2 Å². The van der Waals surface area contributed by atoms with Crippen LogP contribution >= 0.6 is 0 Å². The summed E-state index contributed by atoms with van der Waals surface area (Å²) in [4.78, 5) is 28.9. The molecule has 2 aromatic rings. The zero-order valence-corrected chi connectivity index (χ0v) is 16.7. The van der Waals surface area contributed by atoms with E-state index in [9.17, 15) is 9.59 Å². The van der Waals surface area contributed by atoms with Gasteiger partial charge in [0.15, 0.2) is 0 Å². The summed E-state index contributed by atoms with van der Waals surface area (Å²) >= 11 is 0. The lowest BCUT2D eigenvalue weighted by Crippen LogP contribution is -2.49. The number of hydrogen-bond donors (Lipinski definition) is 0. The van der Waals surface area contributed by atoms with E-state index in [1.807, 2.05) is 41.3 Å². The quantitative estimate of drug-likeness (QED) is 0.749. The number of hydrogen-bond acceptors (Lipinski definition) is 5. The van der Waals surface area contributed by atoms with Crippen molar-refractivity contribution in [3.63, 3.8) is 0 Å². The van der Waals surface area contributed by atoms with Crippen LogP contribution in [-0.2, 0) is 16.0 Å². The molecule has 0 unspecified atom stereocenters. The lowest BCUT2D eigenvalue weighted by molar-refractivity contribution is -0.127. The molecule has 6 heteroatoms. The van der Waals surface area contributed by atoms with Crippen molar-refractivity contribution >= 4 is 23.6 Å². The Balaban J connectivity index is 1.40. The summed E-state index contributed by atoms with van der Waals surface area (Å²) in [5.74, 6) is 0.552. The molecule has 2 aliphatic rings. The monoisotopic (exact) mass is 392 g/mol. The number of carbonyl (C=O) groups excluding carboxylic acids is 2. The number of rotatable bonds is 4. The third-order valence-electron chi connectivity index (χ3n) is 5.56. The van der Waals surface area contributed by atoms with Crippen molar-refractivity contribution in [3.05, 3.63) is 64.7 Å². The molecule has 1 heterocycles. The second-order valence-electron chi connectivity index (χ2n) is 7.23. The van der Waals surface area contributed by atoms with Gasteiger partial charge in [-0.2, -0.15) is 0 Å². The van der Waals surface area contributed by atoms with Crippen molar-refractivity contribution in [1.29, 1.82) is 0 Å². The summed E-state index contributed by atoms with van der Waals surface area (Å²) < 4.78 is 9.99. The maximum Gasteiger partial charge on any atom is 0.337 e. The lowest BCUT2D eigenvalue weighted by atomic mass is 10.1. The van der Waals surface area contributed by atoms with Crippen LogP contribution in [0.15, 0.2) is 48.0 Å². The van der Waals surface area contributed by atoms with Gasteiger partial charge in [-0.15, -0.1) is 0 Å². The molecule has 29 heavy (non-hydrogen) atoms. The number of ether oxygens (including phenoxy) is 2. The predicted molar refractivity (Wildman–Crippen MR) is 111 cm³/mol. The van der Waals surface area contributed by atoms with Crippen LogP contribution in [0, 0.1) is 0 Å². The van der Waals surface area contributed by atoms with E-state index in [-0.39, 0.29) is 11.9 Å². The van der Waals surface area contributed by atoms with E-state index in [1.54, 1.807) is 19.2 Å². The van der Waals surface area contributed by atoms with Crippen molar-refractivity contribution in [3.8, 4) is 5.75 Å². The highest BCUT2D eigenvalue weighted by Crippen LogP contribution is 2.28. The SMILES string of the molecule is COC(=O)c1ccc2c(c1)C=C(C(=O)N1CCN(c3ccc(OC)cc3)CC1)C2. The van der Waals surface area contributed by atoms with Crippen LogP contribution < -0.4 is 9.64 Å². The fourth-order valence-corrected chi connectivity index (χ4v) is 3.88. The van der Waals surface area contributed by atoms with Crippen molar-refractivity contribution in [2.45, 2.75) is 6.42 Å². The molecule has 150 valence electrons. The lowest BCUT2D eigenvalue weighted by Gasteiger charge is -2.36. The topological polar surface area (TPSA) is 59.1 Å². The average Bonchev–Trinajstić information content (AvgIpc) is 3.21. The number of carbonyl (C=O) groups is 2. The summed E-state index contributed by atoms with van der Waals surface area (Å²) in [6, 6.07) is 13.4. The Labute approximate surface area is 170 Å². The van der Waals surface area contributed by atoms with Gasteiger partial charge in [-0.25, -0.2) is 4.79 Å². The van der Waals surface area contributed by atoms with Gasteiger partial charge >= 0.3 is 5.97 Å². The van der Waals surface area contributed by atoms with Crippen molar-refractivity contribution < 1.29 is 19.1 Å². The molecule has 0 aromatic heterocycles. The Morgan fingerprint density at radius 3 is 2.31 bits per heavy atom. The first kappa shape index (κ1) is 19.1. The molecule has 6 nitrogen and oxygen atoms in total. The molecule has 1 aliphatic heterocycles. The molecule has 0 N–H and O–H groups in total. The standard InChI is InChI=1S/C23H24N2O4/c1-28-21-7-5-20(6-8-21)24-9-11-25(12-10-24)22(26)19-13-16-3-4-17(23(27)29-2)14-18(16)15-19/h3-8,14-15H,9-13H2,1-2H3. The number of fused-ring (bicyclic) bond motifs is 1. The molecule has 4 rings (SSSR count). The molecular formula is C23H24N2O4. The van der Waals surface area contributed by atoms with Crippen molar-refractivity contribution in [2.75, 3.05) is 45.3 Å². The molecule has 0 bridgehead atoms. The van der Waals surface area contributed by atoms with Gasteiger partial charge in [0.25, 0.3) is 0 Å². The number of nitrogens with zero attached hydrogens (tertiary/aromatic N) is 2. The first-order chi connectivity index (χ1) is 14.1. The fraction of sp³-hybridized carbons (Fsp3) is 0.304. The zero-order chi connectivity index (χ0) is 20.4. The molecular weight excluding hydrogens is 368 g/mol. The van der Waals surface area contributed by atoms with Crippen molar-refractivity contribution in [2.24, 2.45) is 0 Å². The second kappa shape index (κ2) is 7.99.